The van der Waals surface area contributed by atoms with Crippen LogP contribution in [0, 0.1) is 17.1 Å². The van der Waals surface area contributed by atoms with E-state index in [2.05, 4.69) is 31.3 Å². The number of nitriles is 1. The topological polar surface area (TPSA) is 96.8 Å². The van der Waals surface area contributed by atoms with Crippen LogP contribution in [0.4, 0.5) is 10.2 Å². The normalized spacial score (nSPS) is 9.79. The molecule has 1 heterocycles. The van der Waals surface area contributed by atoms with Gasteiger partial charge in [0.05, 0.1) is 11.6 Å². The van der Waals surface area contributed by atoms with Gasteiger partial charge in [0.25, 0.3) is 0 Å². The highest BCUT2D eigenvalue weighted by atomic mass is 79.9. The third kappa shape index (κ3) is 2.78. The van der Waals surface area contributed by atoms with Gasteiger partial charge in [-0.05, 0) is 34.1 Å². The van der Waals surface area contributed by atoms with E-state index in [1.54, 1.807) is 0 Å². The first-order valence-electron chi connectivity index (χ1n) is 5.00. The molecule has 0 atom stereocenters. The fraction of sp³-hybridized carbons (Fsp3) is 0. The van der Waals surface area contributed by atoms with Crippen LogP contribution in [0.3, 0.4) is 0 Å². The van der Waals surface area contributed by atoms with Crippen LogP contribution >= 0.6 is 15.9 Å². The largest absolute Gasteiger partial charge is 0.435 e. The number of hydrogen-bond acceptors (Lipinski definition) is 6. The summed E-state index contributed by atoms with van der Waals surface area (Å²) in [5, 5.41) is 8.65. The van der Waals surface area contributed by atoms with Gasteiger partial charge in [-0.15, -0.1) is 0 Å². The maximum Gasteiger partial charge on any atom is 0.239 e. The fourth-order valence-electron chi connectivity index (χ4n) is 1.28. The van der Waals surface area contributed by atoms with Crippen molar-refractivity contribution in [1.82, 2.24) is 9.97 Å². The molecule has 96 valence electrons. The van der Waals surface area contributed by atoms with Gasteiger partial charge in [-0.2, -0.15) is 5.26 Å². The standard InChI is InChI=1S/C11H7BrFN5O/c12-9-10(18-15)16-5-17-11(9)19-8-2-1-6(4-14)3-7(8)13/h1-3,5H,15H2,(H,16,17,18). The Bertz CT molecular complexity index is 658. The Morgan fingerprint density at radius 3 is 2.84 bits per heavy atom. The fourth-order valence-corrected chi connectivity index (χ4v) is 1.68. The summed E-state index contributed by atoms with van der Waals surface area (Å²) in [6.45, 7) is 0. The van der Waals surface area contributed by atoms with Gasteiger partial charge in [-0.25, -0.2) is 20.2 Å². The first-order chi connectivity index (χ1) is 9.15. The molecule has 0 fully saturated rings. The van der Waals surface area contributed by atoms with Crippen molar-refractivity contribution in [3.8, 4) is 17.7 Å². The number of benzene rings is 1. The molecule has 0 bridgehead atoms. The predicted molar refractivity (Wildman–Crippen MR) is 68.7 cm³/mol. The van der Waals surface area contributed by atoms with Gasteiger partial charge in [0.2, 0.25) is 5.88 Å². The molecule has 0 aliphatic heterocycles. The molecule has 2 aromatic rings. The predicted octanol–water partition coefficient (Wildman–Crippen LogP) is 2.33. The monoisotopic (exact) mass is 323 g/mol. The van der Waals surface area contributed by atoms with E-state index in [0.717, 1.165) is 6.07 Å². The lowest BCUT2D eigenvalue weighted by Crippen LogP contribution is -2.10. The summed E-state index contributed by atoms with van der Waals surface area (Å²) in [5.41, 5.74) is 2.54. The quantitative estimate of drug-likeness (QED) is 0.664. The number of anilines is 1. The lowest BCUT2D eigenvalue weighted by atomic mass is 10.2. The Hall–Kier alpha value is -2.24. The molecule has 0 unspecified atom stereocenters. The van der Waals surface area contributed by atoms with Crippen LogP contribution in [0.2, 0.25) is 0 Å². The van der Waals surface area contributed by atoms with Gasteiger partial charge in [0.1, 0.15) is 10.8 Å². The summed E-state index contributed by atoms with van der Waals surface area (Å²) < 4.78 is 19.3. The molecule has 8 heteroatoms. The van der Waals surface area contributed by atoms with E-state index in [0.29, 0.717) is 10.3 Å². The highest BCUT2D eigenvalue weighted by Crippen LogP contribution is 2.32. The maximum absolute atomic E-state index is 13.7. The van der Waals surface area contributed by atoms with Crippen molar-refractivity contribution in [3.05, 3.63) is 40.4 Å². The lowest BCUT2D eigenvalue weighted by Gasteiger charge is -2.09. The van der Waals surface area contributed by atoms with E-state index < -0.39 is 5.82 Å². The molecule has 1 aromatic heterocycles. The Morgan fingerprint density at radius 2 is 2.21 bits per heavy atom. The minimum atomic E-state index is -0.660. The van der Waals surface area contributed by atoms with Crippen molar-refractivity contribution in [1.29, 1.82) is 5.26 Å². The summed E-state index contributed by atoms with van der Waals surface area (Å²) in [7, 11) is 0. The second kappa shape index (κ2) is 5.60. The van der Waals surface area contributed by atoms with E-state index in [9.17, 15) is 4.39 Å². The highest BCUT2D eigenvalue weighted by Gasteiger charge is 2.12. The van der Waals surface area contributed by atoms with Crippen molar-refractivity contribution in [2.75, 3.05) is 5.43 Å². The van der Waals surface area contributed by atoms with E-state index in [1.807, 2.05) is 6.07 Å². The number of rotatable bonds is 3. The van der Waals surface area contributed by atoms with Gasteiger partial charge in [-0.3, -0.25) is 0 Å². The second-order valence-corrected chi connectivity index (χ2v) is 4.14. The molecular formula is C11H7BrFN5O. The number of halogens is 2. The van der Waals surface area contributed by atoms with Crippen LogP contribution in [0.5, 0.6) is 11.6 Å². The van der Waals surface area contributed by atoms with E-state index in [1.165, 1.54) is 18.5 Å². The summed E-state index contributed by atoms with van der Waals surface area (Å²) in [5.74, 6) is 4.94. The third-order valence-electron chi connectivity index (χ3n) is 2.16. The molecule has 2 rings (SSSR count). The van der Waals surface area contributed by atoms with Gasteiger partial charge in [-0.1, -0.05) is 0 Å². The van der Waals surface area contributed by atoms with Crippen molar-refractivity contribution in [2.45, 2.75) is 0 Å². The third-order valence-corrected chi connectivity index (χ3v) is 2.88. The van der Waals surface area contributed by atoms with E-state index >= 15 is 0 Å². The van der Waals surface area contributed by atoms with E-state index in [4.69, 9.17) is 15.8 Å². The average Bonchev–Trinajstić information content (AvgIpc) is 2.43. The molecule has 19 heavy (non-hydrogen) atoms. The summed E-state index contributed by atoms with van der Waals surface area (Å²) in [6, 6.07) is 5.69. The van der Waals surface area contributed by atoms with Crippen molar-refractivity contribution < 1.29 is 9.13 Å². The highest BCUT2D eigenvalue weighted by molar-refractivity contribution is 9.10. The smallest absolute Gasteiger partial charge is 0.239 e. The van der Waals surface area contributed by atoms with Crippen LogP contribution in [0.1, 0.15) is 5.56 Å². The average molecular weight is 324 g/mol. The van der Waals surface area contributed by atoms with Gasteiger partial charge in [0.15, 0.2) is 17.4 Å². The Morgan fingerprint density at radius 1 is 1.42 bits per heavy atom. The minimum Gasteiger partial charge on any atom is -0.435 e. The van der Waals surface area contributed by atoms with Crippen molar-refractivity contribution in [3.63, 3.8) is 0 Å². The Labute approximate surface area is 116 Å². The van der Waals surface area contributed by atoms with Crippen molar-refractivity contribution in [2.24, 2.45) is 5.84 Å². The zero-order chi connectivity index (χ0) is 13.8. The molecule has 0 amide bonds. The number of hydrogen-bond donors (Lipinski definition) is 2. The van der Waals surface area contributed by atoms with Crippen LogP contribution in [0.25, 0.3) is 0 Å². The molecule has 0 spiro atoms. The number of aromatic nitrogens is 2. The van der Waals surface area contributed by atoms with Crippen molar-refractivity contribution >= 4 is 21.7 Å². The number of nitrogens with zero attached hydrogens (tertiary/aromatic N) is 3. The zero-order valence-corrected chi connectivity index (χ0v) is 11.0. The van der Waals surface area contributed by atoms with Gasteiger partial charge >= 0.3 is 0 Å². The summed E-state index contributed by atoms with van der Waals surface area (Å²) in [4.78, 5) is 7.70. The molecule has 6 nitrogen and oxygen atoms in total. The second-order valence-electron chi connectivity index (χ2n) is 3.34. The molecule has 0 saturated heterocycles. The first-order valence-corrected chi connectivity index (χ1v) is 5.79. The first kappa shape index (κ1) is 13.2. The van der Waals surface area contributed by atoms with Crippen LogP contribution in [-0.4, -0.2) is 9.97 Å². The zero-order valence-electron chi connectivity index (χ0n) is 9.39. The molecular weight excluding hydrogens is 317 g/mol. The Kier molecular flexibility index (Phi) is 3.89. The molecule has 3 N–H and O–H groups in total. The number of nitrogens with two attached hydrogens (primary N) is 1. The molecule has 0 radical (unpaired) electrons. The lowest BCUT2D eigenvalue weighted by molar-refractivity contribution is 0.424. The van der Waals surface area contributed by atoms with Crippen LogP contribution in [-0.2, 0) is 0 Å². The minimum absolute atomic E-state index is 0.0543. The molecule has 1 aromatic carbocycles. The molecule has 0 aliphatic carbocycles. The van der Waals surface area contributed by atoms with Crippen LogP contribution in [0.15, 0.2) is 29.0 Å². The molecule has 0 saturated carbocycles. The number of ether oxygens (including phenoxy) is 1. The van der Waals surface area contributed by atoms with Gasteiger partial charge < -0.3 is 10.2 Å². The maximum atomic E-state index is 13.7. The Balaban J connectivity index is 2.34. The SMILES string of the molecule is N#Cc1ccc(Oc2ncnc(NN)c2Br)c(F)c1. The van der Waals surface area contributed by atoms with E-state index in [-0.39, 0.29) is 17.2 Å². The van der Waals surface area contributed by atoms with Crippen LogP contribution < -0.4 is 16.0 Å². The number of nitrogen functional groups attached to an aromatic ring is 1. The number of nitrogens with one attached hydrogen (secondary N) is 1. The summed E-state index contributed by atoms with van der Waals surface area (Å²) in [6.07, 6.45) is 1.22. The number of hydrazine groups is 1. The van der Waals surface area contributed by atoms with Gasteiger partial charge in [0, 0.05) is 0 Å². The molecule has 0 aliphatic rings. The summed E-state index contributed by atoms with van der Waals surface area (Å²) >= 11 is 3.18.